The smallest absolute Gasteiger partial charge is 0.337 e. The maximum absolute atomic E-state index is 12.6. The number of aryl methyl sites for hydroxylation is 2. The molecule has 29 heavy (non-hydrogen) atoms. The van der Waals surface area contributed by atoms with Crippen LogP contribution in [0.1, 0.15) is 37.8 Å². The molecule has 0 radical (unpaired) electrons. The van der Waals surface area contributed by atoms with Crippen molar-refractivity contribution in [3.63, 3.8) is 0 Å². The van der Waals surface area contributed by atoms with Crippen LogP contribution in [0.3, 0.4) is 0 Å². The maximum atomic E-state index is 12.6. The highest BCUT2D eigenvalue weighted by molar-refractivity contribution is 5.93. The summed E-state index contributed by atoms with van der Waals surface area (Å²) in [5, 5.41) is 5.98. The number of ether oxygens (including phenoxy) is 1. The van der Waals surface area contributed by atoms with Crippen LogP contribution >= 0.6 is 0 Å². The zero-order chi connectivity index (χ0) is 20.8. The summed E-state index contributed by atoms with van der Waals surface area (Å²) in [5.74, 6) is 0.201. The summed E-state index contributed by atoms with van der Waals surface area (Å²) < 4.78 is 4.74. The largest absolute Gasteiger partial charge is 0.465 e. The third-order valence-electron chi connectivity index (χ3n) is 4.16. The van der Waals surface area contributed by atoms with Gasteiger partial charge in [-0.05, 0) is 37.6 Å². The van der Waals surface area contributed by atoms with E-state index in [4.69, 9.17) is 4.74 Å². The molecule has 0 aliphatic carbocycles. The molecule has 0 saturated heterocycles. The van der Waals surface area contributed by atoms with Crippen LogP contribution in [0.4, 0.5) is 11.5 Å². The van der Waals surface area contributed by atoms with Gasteiger partial charge in [0.25, 0.3) is 5.91 Å². The topological polar surface area (TPSA) is 93.2 Å². The summed E-state index contributed by atoms with van der Waals surface area (Å²) >= 11 is 0. The van der Waals surface area contributed by atoms with Crippen molar-refractivity contribution in [3.8, 4) is 0 Å². The van der Waals surface area contributed by atoms with Crippen molar-refractivity contribution in [1.29, 1.82) is 0 Å². The molecule has 3 rings (SSSR count). The normalized spacial score (nSPS) is 10.3. The summed E-state index contributed by atoms with van der Waals surface area (Å²) in [5.41, 5.74) is 3.48. The lowest BCUT2D eigenvalue weighted by atomic mass is 10.1. The zero-order valence-corrected chi connectivity index (χ0v) is 16.5. The number of esters is 1. The molecule has 0 unspecified atom stereocenters. The molecule has 3 aromatic rings. The Kier molecular flexibility index (Phi) is 6.19. The van der Waals surface area contributed by atoms with Crippen LogP contribution in [0.5, 0.6) is 0 Å². The molecule has 0 saturated carbocycles. The number of amides is 1. The zero-order valence-electron chi connectivity index (χ0n) is 16.5. The summed E-state index contributed by atoms with van der Waals surface area (Å²) in [7, 11) is 1.33. The van der Waals surface area contributed by atoms with Crippen molar-refractivity contribution in [3.05, 3.63) is 82.8 Å². The first-order valence-corrected chi connectivity index (χ1v) is 9.09. The maximum Gasteiger partial charge on any atom is 0.337 e. The van der Waals surface area contributed by atoms with Gasteiger partial charge in [-0.25, -0.2) is 14.8 Å². The van der Waals surface area contributed by atoms with Gasteiger partial charge < -0.3 is 15.4 Å². The van der Waals surface area contributed by atoms with Crippen molar-refractivity contribution < 1.29 is 14.3 Å². The molecule has 2 aromatic carbocycles. The molecular formula is C22H22N4O3. The first-order chi connectivity index (χ1) is 13.9. The van der Waals surface area contributed by atoms with E-state index in [0.29, 0.717) is 29.4 Å². The van der Waals surface area contributed by atoms with Crippen molar-refractivity contribution in [2.75, 3.05) is 12.4 Å². The number of hydrogen-bond donors (Lipinski definition) is 2. The predicted octanol–water partition coefficient (Wildman–Crippen LogP) is 3.55. The van der Waals surface area contributed by atoms with E-state index in [9.17, 15) is 9.59 Å². The van der Waals surface area contributed by atoms with Crippen LogP contribution in [0.15, 0.2) is 54.6 Å². The predicted molar refractivity (Wildman–Crippen MR) is 110 cm³/mol. The van der Waals surface area contributed by atoms with Gasteiger partial charge in [-0.1, -0.05) is 35.9 Å². The minimum absolute atomic E-state index is 0.261. The molecule has 2 N–H and O–H groups in total. The van der Waals surface area contributed by atoms with E-state index in [2.05, 4.69) is 20.6 Å². The Morgan fingerprint density at radius 2 is 1.79 bits per heavy atom. The Morgan fingerprint density at radius 1 is 1.00 bits per heavy atom. The summed E-state index contributed by atoms with van der Waals surface area (Å²) in [6.45, 7) is 4.13. The number of carbonyl (C=O) groups is 2. The lowest BCUT2D eigenvalue weighted by molar-refractivity contribution is 0.0600. The van der Waals surface area contributed by atoms with E-state index in [1.54, 1.807) is 37.3 Å². The van der Waals surface area contributed by atoms with E-state index in [1.165, 1.54) is 7.11 Å². The summed E-state index contributed by atoms with van der Waals surface area (Å²) in [4.78, 5) is 32.8. The Hall–Kier alpha value is -3.74. The Balaban J connectivity index is 1.74. The van der Waals surface area contributed by atoms with Crippen molar-refractivity contribution in [2.24, 2.45) is 0 Å². The third kappa shape index (κ3) is 5.38. The lowest BCUT2D eigenvalue weighted by Crippen LogP contribution is -2.24. The van der Waals surface area contributed by atoms with E-state index in [-0.39, 0.29) is 11.6 Å². The summed E-state index contributed by atoms with van der Waals surface area (Å²) in [6.07, 6.45) is 0. The number of nitrogens with zero attached hydrogens (tertiary/aromatic N) is 2. The van der Waals surface area contributed by atoms with Gasteiger partial charge >= 0.3 is 5.97 Å². The second kappa shape index (κ2) is 8.97. The molecule has 1 amide bonds. The highest BCUT2D eigenvalue weighted by atomic mass is 16.5. The fourth-order valence-electron chi connectivity index (χ4n) is 2.83. The van der Waals surface area contributed by atoms with Crippen LogP contribution < -0.4 is 10.6 Å². The van der Waals surface area contributed by atoms with Gasteiger partial charge in [-0.2, -0.15) is 0 Å². The van der Waals surface area contributed by atoms with E-state index < -0.39 is 5.97 Å². The van der Waals surface area contributed by atoms with Crippen LogP contribution in [-0.2, 0) is 11.3 Å². The van der Waals surface area contributed by atoms with Gasteiger partial charge in [0, 0.05) is 18.3 Å². The molecule has 0 fully saturated rings. The van der Waals surface area contributed by atoms with Gasteiger partial charge in [0.2, 0.25) is 0 Å². The second-order valence-electron chi connectivity index (χ2n) is 6.55. The molecule has 0 spiro atoms. The quantitative estimate of drug-likeness (QED) is 0.625. The van der Waals surface area contributed by atoms with E-state index >= 15 is 0 Å². The number of methoxy groups -OCH3 is 1. The minimum Gasteiger partial charge on any atom is -0.465 e. The van der Waals surface area contributed by atoms with Crippen LogP contribution in [-0.4, -0.2) is 29.0 Å². The number of hydrogen-bond acceptors (Lipinski definition) is 6. The fourth-order valence-corrected chi connectivity index (χ4v) is 2.83. The monoisotopic (exact) mass is 390 g/mol. The van der Waals surface area contributed by atoms with E-state index in [1.807, 2.05) is 31.2 Å². The molecular weight excluding hydrogens is 368 g/mol. The molecule has 1 heterocycles. The first-order valence-electron chi connectivity index (χ1n) is 9.09. The molecule has 7 heteroatoms. The second-order valence-corrected chi connectivity index (χ2v) is 6.55. The molecule has 7 nitrogen and oxygen atoms in total. The molecule has 0 atom stereocenters. The Labute approximate surface area is 169 Å². The Bertz CT molecular complexity index is 1050. The highest BCUT2D eigenvalue weighted by Crippen LogP contribution is 2.18. The van der Waals surface area contributed by atoms with Crippen LogP contribution in [0, 0.1) is 13.8 Å². The average molecular weight is 390 g/mol. The number of nitrogens with one attached hydrogen (secondary N) is 2. The van der Waals surface area contributed by atoms with Crippen molar-refractivity contribution in [1.82, 2.24) is 15.3 Å². The number of carbonyl (C=O) groups excluding carboxylic acids is 2. The lowest BCUT2D eigenvalue weighted by Gasteiger charge is -2.10. The molecule has 0 aliphatic rings. The van der Waals surface area contributed by atoms with Crippen LogP contribution in [0.25, 0.3) is 0 Å². The van der Waals surface area contributed by atoms with Gasteiger partial charge in [-0.15, -0.1) is 0 Å². The van der Waals surface area contributed by atoms with Gasteiger partial charge in [0.05, 0.1) is 12.7 Å². The molecule has 0 bridgehead atoms. The molecule has 148 valence electrons. The standard InChI is InChI=1S/C22H22N4O3/c1-14-6-4-7-16(10-14)13-23-21(27)19-12-20(25-15(2)24-19)26-18-9-5-8-17(11-18)22(28)29-3/h4-12H,13H2,1-3H3,(H,23,27)(H,24,25,26). The third-order valence-corrected chi connectivity index (χ3v) is 4.16. The molecule has 1 aromatic heterocycles. The minimum atomic E-state index is -0.427. The van der Waals surface area contributed by atoms with Crippen LogP contribution in [0.2, 0.25) is 0 Å². The average Bonchev–Trinajstić information content (AvgIpc) is 2.71. The van der Waals surface area contributed by atoms with Gasteiger partial charge in [0.15, 0.2) is 0 Å². The Morgan fingerprint density at radius 3 is 2.55 bits per heavy atom. The number of aromatic nitrogens is 2. The van der Waals surface area contributed by atoms with Gasteiger partial charge in [-0.3, -0.25) is 4.79 Å². The van der Waals surface area contributed by atoms with E-state index in [0.717, 1.165) is 11.1 Å². The van der Waals surface area contributed by atoms with Gasteiger partial charge in [0.1, 0.15) is 17.3 Å². The fraction of sp³-hybridized carbons (Fsp3) is 0.182. The highest BCUT2D eigenvalue weighted by Gasteiger charge is 2.12. The molecule has 0 aliphatic heterocycles. The summed E-state index contributed by atoms with van der Waals surface area (Å²) in [6, 6.07) is 16.4. The number of anilines is 2. The van der Waals surface area contributed by atoms with Crippen molar-refractivity contribution in [2.45, 2.75) is 20.4 Å². The SMILES string of the molecule is COC(=O)c1cccc(Nc2cc(C(=O)NCc3cccc(C)c3)nc(C)n2)c1. The van der Waals surface area contributed by atoms with Crippen molar-refractivity contribution >= 4 is 23.4 Å². The first kappa shape index (κ1) is 20.0. The number of rotatable bonds is 6. The number of benzene rings is 2.